The molecule has 1 aromatic carbocycles. The standard InChI is InChI=1S/C17H16O4/c1-9-3-4-11-7-13-14(18)6-5-12(8-15(19)20)17(13)21-16(11)10(9)2/h3-5H,6-8H2,1-2H3,(H,19,20). The number of carboxylic acid groups (broad SMARTS) is 1. The molecule has 1 heterocycles. The highest BCUT2D eigenvalue weighted by Crippen LogP contribution is 2.39. The molecule has 0 saturated heterocycles. The van der Waals surface area contributed by atoms with Gasteiger partial charge in [-0.25, -0.2) is 0 Å². The molecule has 3 rings (SSSR count). The first-order valence-corrected chi connectivity index (χ1v) is 6.92. The highest BCUT2D eigenvalue weighted by atomic mass is 16.5. The molecule has 0 atom stereocenters. The Balaban J connectivity index is 2.06. The van der Waals surface area contributed by atoms with Crippen molar-refractivity contribution < 1.29 is 19.4 Å². The fourth-order valence-corrected chi connectivity index (χ4v) is 2.79. The highest BCUT2D eigenvalue weighted by molar-refractivity contribution is 6.00. The second kappa shape index (κ2) is 4.88. The summed E-state index contributed by atoms with van der Waals surface area (Å²) in [6, 6.07) is 3.99. The lowest BCUT2D eigenvalue weighted by molar-refractivity contribution is -0.136. The number of Topliss-reactive ketones (excluding diaryl/α,β-unsaturated/α-hetero) is 1. The van der Waals surface area contributed by atoms with E-state index in [-0.39, 0.29) is 18.6 Å². The predicted octanol–water partition coefficient (Wildman–Crippen LogP) is 2.87. The highest BCUT2D eigenvalue weighted by Gasteiger charge is 2.31. The van der Waals surface area contributed by atoms with E-state index in [1.54, 1.807) is 6.08 Å². The van der Waals surface area contributed by atoms with Crippen LogP contribution in [0.2, 0.25) is 0 Å². The van der Waals surface area contributed by atoms with Crippen LogP contribution in [0.4, 0.5) is 0 Å². The van der Waals surface area contributed by atoms with E-state index in [0.717, 1.165) is 22.4 Å². The SMILES string of the molecule is Cc1ccc2c(c1C)OC1=C(C2)C(=O)CC=C1CC(=O)O. The van der Waals surface area contributed by atoms with Gasteiger partial charge in [0.25, 0.3) is 0 Å². The van der Waals surface area contributed by atoms with Crippen molar-refractivity contribution in [2.75, 3.05) is 0 Å². The first-order valence-electron chi connectivity index (χ1n) is 6.92. The molecule has 0 spiro atoms. The van der Waals surface area contributed by atoms with Gasteiger partial charge in [0.1, 0.15) is 11.5 Å². The summed E-state index contributed by atoms with van der Waals surface area (Å²) in [5.41, 5.74) is 4.34. The Morgan fingerprint density at radius 1 is 1.33 bits per heavy atom. The van der Waals surface area contributed by atoms with E-state index in [9.17, 15) is 9.59 Å². The zero-order valence-corrected chi connectivity index (χ0v) is 12.0. The van der Waals surface area contributed by atoms with Crippen LogP contribution in [-0.4, -0.2) is 16.9 Å². The van der Waals surface area contributed by atoms with Gasteiger partial charge in [-0.1, -0.05) is 18.2 Å². The molecule has 2 aliphatic rings. The van der Waals surface area contributed by atoms with Crippen LogP contribution < -0.4 is 4.74 Å². The van der Waals surface area contributed by atoms with Crippen LogP contribution in [0.25, 0.3) is 0 Å². The van der Waals surface area contributed by atoms with Gasteiger partial charge in [-0.15, -0.1) is 0 Å². The molecule has 21 heavy (non-hydrogen) atoms. The summed E-state index contributed by atoms with van der Waals surface area (Å²) in [6.45, 7) is 3.98. The Morgan fingerprint density at radius 2 is 2.10 bits per heavy atom. The fraction of sp³-hybridized carbons (Fsp3) is 0.294. The summed E-state index contributed by atoms with van der Waals surface area (Å²) >= 11 is 0. The van der Waals surface area contributed by atoms with Crippen LogP contribution in [0.1, 0.15) is 29.5 Å². The quantitative estimate of drug-likeness (QED) is 0.907. The van der Waals surface area contributed by atoms with Crippen molar-refractivity contribution in [3.63, 3.8) is 0 Å². The normalized spacial score (nSPS) is 16.9. The number of hydrogen-bond acceptors (Lipinski definition) is 3. The largest absolute Gasteiger partial charge is 0.481 e. The van der Waals surface area contributed by atoms with Crippen LogP contribution in [0, 0.1) is 13.8 Å². The van der Waals surface area contributed by atoms with Crippen LogP contribution >= 0.6 is 0 Å². The first kappa shape index (κ1) is 13.6. The van der Waals surface area contributed by atoms with Gasteiger partial charge >= 0.3 is 5.97 Å². The molecule has 1 aliphatic heterocycles. The molecule has 4 nitrogen and oxygen atoms in total. The van der Waals surface area contributed by atoms with E-state index in [1.807, 2.05) is 26.0 Å². The summed E-state index contributed by atoms with van der Waals surface area (Å²) in [4.78, 5) is 23.1. The number of carbonyl (C=O) groups excluding carboxylic acids is 1. The molecular formula is C17H16O4. The van der Waals surface area contributed by atoms with Gasteiger partial charge in [0.05, 0.1) is 6.42 Å². The molecule has 0 radical (unpaired) electrons. The number of fused-ring (bicyclic) bond motifs is 1. The smallest absolute Gasteiger partial charge is 0.307 e. The van der Waals surface area contributed by atoms with Crippen molar-refractivity contribution in [3.8, 4) is 5.75 Å². The molecule has 0 amide bonds. The van der Waals surface area contributed by atoms with Crippen molar-refractivity contribution >= 4 is 11.8 Å². The number of rotatable bonds is 2. The van der Waals surface area contributed by atoms with E-state index < -0.39 is 5.97 Å². The zero-order valence-electron chi connectivity index (χ0n) is 12.0. The van der Waals surface area contributed by atoms with Crippen LogP contribution in [-0.2, 0) is 16.0 Å². The minimum absolute atomic E-state index is 0.0167. The average molecular weight is 284 g/mol. The van der Waals surface area contributed by atoms with E-state index in [2.05, 4.69) is 0 Å². The van der Waals surface area contributed by atoms with E-state index in [0.29, 0.717) is 23.3 Å². The van der Waals surface area contributed by atoms with E-state index in [1.165, 1.54) is 0 Å². The van der Waals surface area contributed by atoms with Gasteiger partial charge in [-0.2, -0.15) is 0 Å². The monoisotopic (exact) mass is 284 g/mol. The van der Waals surface area contributed by atoms with Crippen LogP contribution in [0.5, 0.6) is 5.75 Å². The molecule has 0 saturated carbocycles. The van der Waals surface area contributed by atoms with Crippen LogP contribution in [0.15, 0.2) is 35.1 Å². The Labute approximate surface area is 122 Å². The third kappa shape index (κ3) is 2.27. The maximum Gasteiger partial charge on any atom is 0.307 e. The Kier molecular flexibility index (Phi) is 3.16. The second-order valence-corrected chi connectivity index (χ2v) is 5.51. The average Bonchev–Trinajstić information content (AvgIpc) is 2.45. The van der Waals surface area contributed by atoms with E-state index in [4.69, 9.17) is 9.84 Å². The number of aliphatic carboxylic acids is 1. The molecule has 1 aliphatic carbocycles. The molecule has 4 heteroatoms. The summed E-state index contributed by atoms with van der Waals surface area (Å²) in [5.74, 6) is 0.315. The molecular weight excluding hydrogens is 268 g/mol. The van der Waals surface area contributed by atoms with E-state index >= 15 is 0 Å². The third-order valence-electron chi connectivity index (χ3n) is 4.11. The summed E-state index contributed by atoms with van der Waals surface area (Å²) in [6.07, 6.45) is 2.32. The van der Waals surface area contributed by atoms with Crippen molar-refractivity contribution in [1.29, 1.82) is 0 Å². The number of ether oxygens (including phenoxy) is 1. The number of allylic oxidation sites excluding steroid dienone is 3. The third-order valence-corrected chi connectivity index (χ3v) is 4.11. The van der Waals surface area contributed by atoms with Gasteiger partial charge < -0.3 is 9.84 Å². The van der Waals surface area contributed by atoms with Gasteiger partial charge in [0.15, 0.2) is 5.78 Å². The Hall–Kier alpha value is -2.36. The second-order valence-electron chi connectivity index (χ2n) is 5.51. The summed E-state index contributed by atoms with van der Waals surface area (Å²) in [5, 5.41) is 9.01. The van der Waals surface area contributed by atoms with Crippen molar-refractivity contribution in [2.24, 2.45) is 0 Å². The van der Waals surface area contributed by atoms with Crippen molar-refractivity contribution in [1.82, 2.24) is 0 Å². The van der Waals surface area contributed by atoms with Crippen molar-refractivity contribution in [3.05, 3.63) is 51.8 Å². The number of hydrogen-bond donors (Lipinski definition) is 1. The maximum absolute atomic E-state index is 12.1. The van der Waals surface area contributed by atoms with Crippen molar-refractivity contribution in [2.45, 2.75) is 33.1 Å². The number of benzene rings is 1. The lowest BCUT2D eigenvalue weighted by atomic mass is 9.87. The molecule has 108 valence electrons. The minimum atomic E-state index is -0.919. The Bertz CT molecular complexity index is 723. The number of aryl methyl sites for hydroxylation is 1. The molecule has 1 N–H and O–H groups in total. The lowest BCUT2D eigenvalue weighted by Crippen LogP contribution is -2.22. The minimum Gasteiger partial charge on any atom is -0.481 e. The lowest BCUT2D eigenvalue weighted by Gasteiger charge is -2.28. The summed E-state index contributed by atoms with van der Waals surface area (Å²) in [7, 11) is 0. The fourth-order valence-electron chi connectivity index (χ4n) is 2.79. The van der Waals surface area contributed by atoms with Crippen LogP contribution in [0.3, 0.4) is 0 Å². The first-order chi connectivity index (χ1) is 9.97. The molecule has 0 aromatic heterocycles. The predicted molar refractivity (Wildman–Crippen MR) is 77.2 cm³/mol. The zero-order chi connectivity index (χ0) is 15.1. The topological polar surface area (TPSA) is 63.6 Å². The molecule has 0 fully saturated rings. The van der Waals surface area contributed by atoms with Gasteiger partial charge in [-0.05, 0) is 30.5 Å². The maximum atomic E-state index is 12.1. The number of ketones is 1. The van der Waals surface area contributed by atoms with Gasteiger partial charge in [0, 0.05) is 24.0 Å². The Morgan fingerprint density at radius 3 is 2.81 bits per heavy atom. The number of carbonyl (C=O) groups is 2. The molecule has 0 bridgehead atoms. The number of carboxylic acids is 1. The summed E-state index contributed by atoms with van der Waals surface area (Å²) < 4.78 is 5.96. The van der Waals surface area contributed by atoms with Gasteiger partial charge in [0.2, 0.25) is 0 Å². The molecule has 0 unspecified atom stereocenters. The molecule has 1 aromatic rings. The van der Waals surface area contributed by atoms with Gasteiger partial charge in [-0.3, -0.25) is 9.59 Å².